The largest absolute Gasteiger partial charge is 0.497 e. The Hall–Kier alpha value is -2.13. The molecule has 9 heteroatoms. The molecule has 0 spiro atoms. The molecule has 1 aliphatic heterocycles. The summed E-state index contributed by atoms with van der Waals surface area (Å²) in [5, 5.41) is 3.72. The van der Waals surface area contributed by atoms with Crippen LogP contribution >= 0.6 is 23.5 Å². The molecule has 0 radical (unpaired) electrons. The molecule has 2 heterocycles. The Bertz CT molecular complexity index is 930. The van der Waals surface area contributed by atoms with Crippen LogP contribution in [0.3, 0.4) is 0 Å². The monoisotopic (exact) mass is 407 g/mol. The highest BCUT2D eigenvalue weighted by atomic mass is 32.2. The van der Waals surface area contributed by atoms with Gasteiger partial charge in [-0.3, -0.25) is 14.2 Å². The van der Waals surface area contributed by atoms with E-state index in [-0.39, 0.29) is 17.2 Å². The van der Waals surface area contributed by atoms with Gasteiger partial charge in [0.1, 0.15) is 11.5 Å². The summed E-state index contributed by atoms with van der Waals surface area (Å²) < 4.78 is 11.9. The lowest BCUT2D eigenvalue weighted by Gasteiger charge is -2.12. The van der Waals surface area contributed by atoms with Gasteiger partial charge in [-0.25, -0.2) is 4.98 Å². The molecular formula is C18H21N3O4S2. The Labute approximate surface area is 165 Å². The number of aromatic nitrogens is 2. The summed E-state index contributed by atoms with van der Waals surface area (Å²) in [6, 6.07) is 5.17. The van der Waals surface area contributed by atoms with Crippen LogP contribution in [0.25, 0.3) is 0 Å². The van der Waals surface area contributed by atoms with Gasteiger partial charge in [0, 0.05) is 24.8 Å². The van der Waals surface area contributed by atoms with Gasteiger partial charge in [0.05, 0.1) is 36.2 Å². The van der Waals surface area contributed by atoms with Crippen LogP contribution in [-0.4, -0.2) is 40.7 Å². The maximum absolute atomic E-state index is 12.5. The number of nitrogens with zero attached hydrogens (tertiary/aromatic N) is 2. The Morgan fingerprint density at radius 2 is 2.19 bits per heavy atom. The molecule has 0 unspecified atom stereocenters. The van der Waals surface area contributed by atoms with Crippen molar-refractivity contribution in [1.82, 2.24) is 9.55 Å². The molecule has 0 saturated carbocycles. The molecule has 0 aliphatic carbocycles. The fourth-order valence-corrected chi connectivity index (χ4v) is 4.65. The molecular weight excluding hydrogens is 386 g/mol. The summed E-state index contributed by atoms with van der Waals surface area (Å²) in [4.78, 5) is 30.1. The standard InChI is InChI=1S/C18H21N3O4S2/c1-10-7-13-16(27-10)17(23)21(2)18(20-13)26-9-15(22)19-12-6-5-11(24-3)8-14(12)25-4/h5-6,8,10H,7,9H2,1-4H3,(H,19,22)/t10-/m0/s1. The SMILES string of the molecule is COc1ccc(NC(=O)CSc2nc3c(c(=O)n2C)S[C@@H](C)C3)c(OC)c1. The second-order valence-corrected chi connectivity index (χ2v) is 8.46. The number of carbonyl (C=O) groups excluding carboxylic acids is 1. The van der Waals surface area contributed by atoms with Crippen LogP contribution in [0, 0.1) is 0 Å². The van der Waals surface area contributed by atoms with Crippen molar-refractivity contribution in [1.29, 1.82) is 0 Å². The van der Waals surface area contributed by atoms with Crippen LogP contribution in [0.5, 0.6) is 11.5 Å². The molecule has 1 aromatic carbocycles. The molecule has 1 aliphatic rings. The number of thioether (sulfide) groups is 2. The van der Waals surface area contributed by atoms with E-state index < -0.39 is 0 Å². The summed E-state index contributed by atoms with van der Waals surface area (Å²) in [5.41, 5.74) is 1.34. The molecule has 2 aromatic rings. The van der Waals surface area contributed by atoms with Crippen LogP contribution in [0.1, 0.15) is 12.6 Å². The Morgan fingerprint density at radius 1 is 1.41 bits per heavy atom. The van der Waals surface area contributed by atoms with Crippen LogP contribution in [0.2, 0.25) is 0 Å². The Balaban J connectivity index is 1.69. The van der Waals surface area contributed by atoms with E-state index in [1.165, 1.54) is 23.4 Å². The van der Waals surface area contributed by atoms with Crippen molar-refractivity contribution in [2.24, 2.45) is 7.05 Å². The second-order valence-electron chi connectivity index (χ2n) is 6.07. The third-order valence-corrected chi connectivity index (χ3v) is 6.34. The maximum atomic E-state index is 12.5. The number of hydrogen-bond donors (Lipinski definition) is 1. The molecule has 7 nitrogen and oxygen atoms in total. The van der Waals surface area contributed by atoms with Crippen LogP contribution in [-0.2, 0) is 18.3 Å². The number of carbonyl (C=O) groups is 1. The first-order valence-electron chi connectivity index (χ1n) is 8.34. The summed E-state index contributed by atoms with van der Waals surface area (Å²) in [6.45, 7) is 2.08. The molecule has 0 bridgehead atoms. The summed E-state index contributed by atoms with van der Waals surface area (Å²) in [6.07, 6.45) is 0.777. The highest BCUT2D eigenvalue weighted by molar-refractivity contribution is 8.00. The molecule has 144 valence electrons. The van der Waals surface area contributed by atoms with Gasteiger partial charge in [-0.2, -0.15) is 0 Å². The van der Waals surface area contributed by atoms with Crippen molar-refractivity contribution >= 4 is 35.1 Å². The van der Waals surface area contributed by atoms with Crippen LogP contribution < -0.4 is 20.3 Å². The maximum Gasteiger partial charge on any atom is 0.267 e. The van der Waals surface area contributed by atoms with E-state index in [0.29, 0.717) is 27.6 Å². The molecule has 27 heavy (non-hydrogen) atoms. The van der Waals surface area contributed by atoms with E-state index in [2.05, 4.69) is 17.2 Å². The van der Waals surface area contributed by atoms with Crippen LogP contribution in [0.4, 0.5) is 5.69 Å². The predicted octanol–water partition coefficient (Wildman–Crippen LogP) is 2.57. The number of ether oxygens (including phenoxy) is 2. The number of anilines is 1. The second kappa shape index (κ2) is 8.26. The average molecular weight is 408 g/mol. The lowest BCUT2D eigenvalue weighted by atomic mass is 10.2. The Morgan fingerprint density at radius 3 is 2.89 bits per heavy atom. The van der Waals surface area contributed by atoms with E-state index in [9.17, 15) is 9.59 Å². The molecule has 1 aromatic heterocycles. The van der Waals surface area contributed by atoms with Crippen molar-refractivity contribution in [3.63, 3.8) is 0 Å². The Kier molecular flexibility index (Phi) is 6.01. The van der Waals surface area contributed by atoms with Gasteiger partial charge in [0.15, 0.2) is 5.16 Å². The lowest BCUT2D eigenvalue weighted by Crippen LogP contribution is -2.23. The minimum atomic E-state index is -0.207. The van der Waals surface area contributed by atoms with Gasteiger partial charge in [-0.15, -0.1) is 11.8 Å². The predicted molar refractivity (Wildman–Crippen MR) is 107 cm³/mol. The molecule has 0 saturated heterocycles. The third kappa shape index (κ3) is 4.24. The number of benzene rings is 1. The van der Waals surface area contributed by atoms with Gasteiger partial charge >= 0.3 is 0 Å². The number of amides is 1. The van der Waals surface area contributed by atoms with Crippen molar-refractivity contribution in [2.45, 2.75) is 28.6 Å². The zero-order valence-electron chi connectivity index (χ0n) is 15.6. The first-order chi connectivity index (χ1) is 12.9. The van der Waals surface area contributed by atoms with Gasteiger partial charge < -0.3 is 14.8 Å². The number of nitrogens with one attached hydrogen (secondary N) is 1. The average Bonchev–Trinajstić information content (AvgIpc) is 3.04. The highest BCUT2D eigenvalue weighted by Gasteiger charge is 2.25. The molecule has 1 atom stereocenters. The van der Waals surface area contributed by atoms with Crippen LogP contribution in [0.15, 0.2) is 33.0 Å². The normalized spacial score (nSPS) is 15.3. The van der Waals surface area contributed by atoms with E-state index in [4.69, 9.17) is 9.47 Å². The number of hydrogen-bond acceptors (Lipinski definition) is 7. The molecule has 3 rings (SSSR count). The van der Waals surface area contributed by atoms with E-state index in [1.54, 1.807) is 44.1 Å². The van der Waals surface area contributed by atoms with Crippen molar-refractivity contribution in [3.8, 4) is 11.5 Å². The smallest absolute Gasteiger partial charge is 0.267 e. The summed E-state index contributed by atoms with van der Waals surface area (Å²) >= 11 is 2.81. The zero-order valence-corrected chi connectivity index (χ0v) is 17.2. The minimum absolute atomic E-state index is 0.0471. The molecule has 0 fully saturated rings. The fraction of sp³-hybridized carbons (Fsp3) is 0.389. The minimum Gasteiger partial charge on any atom is -0.497 e. The van der Waals surface area contributed by atoms with Crippen molar-refractivity contribution in [3.05, 3.63) is 34.2 Å². The quantitative estimate of drug-likeness (QED) is 0.582. The number of rotatable bonds is 6. The summed E-state index contributed by atoms with van der Waals surface area (Å²) in [5.74, 6) is 1.09. The van der Waals surface area contributed by atoms with Crippen molar-refractivity contribution < 1.29 is 14.3 Å². The number of fused-ring (bicyclic) bond motifs is 1. The van der Waals surface area contributed by atoms with E-state index in [0.717, 1.165) is 17.0 Å². The van der Waals surface area contributed by atoms with Gasteiger partial charge in [-0.1, -0.05) is 18.7 Å². The topological polar surface area (TPSA) is 82.5 Å². The summed E-state index contributed by atoms with van der Waals surface area (Å²) in [7, 11) is 4.78. The highest BCUT2D eigenvalue weighted by Crippen LogP contribution is 2.34. The third-order valence-electron chi connectivity index (χ3n) is 4.09. The first kappa shape index (κ1) is 19.6. The van der Waals surface area contributed by atoms with E-state index >= 15 is 0 Å². The first-order valence-corrected chi connectivity index (χ1v) is 10.2. The zero-order chi connectivity index (χ0) is 19.6. The molecule has 1 amide bonds. The van der Waals surface area contributed by atoms with Crippen molar-refractivity contribution in [2.75, 3.05) is 25.3 Å². The number of methoxy groups -OCH3 is 2. The fourth-order valence-electron chi connectivity index (χ4n) is 2.72. The molecule has 1 N–H and O–H groups in total. The lowest BCUT2D eigenvalue weighted by molar-refractivity contribution is -0.113. The van der Waals surface area contributed by atoms with E-state index in [1.807, 2.05) is 0 Å². The van der Waals surface area contributed by atoms with Gasteiger partial charge in [0.2, 0.25) is 5.91 Å². The van der Waals surface area contributed by atoms with Gasteiger partial charge in [-0.05, 0) is 12.1 Å². The van der Waals surface area contributed by atoms with Gasteiger partial charge in [0.25, 0.3) is 5.56 Å².